The first kappa shape index (κ1) is 20.1. The molecule has 0 atom stereocenters. The van der Waals surface area contributed by atoms with E-state index >= 15 is 0 Å². The molecule has 26 heavy (non-hydrogen) atoms. The summed E-state index contributed by atoms with van der Waals surface area (Å²) in [5.41, 5.74) is 8.63. The van der Waals surface area contributed by atoms with Gasteiger partial charge >= 0.3 is 6.09 Å². The molecule has 2 rings (SSSR count). The van der Waals surface area contributed by atoms with Crippen LogP contribution in [0.25, 0.3) is 0 Å². The molecule has 0 radical (unpaired) electrons. The summed E-state index contributed by atoms with van der Waals surface area (Å²) in [4.78, 5) is 17.9. The Morgan fingerprint density at radius 1 is 1.27 bits per heavy atom. The van der Waals surface area contributed by atoms with Crippen molar-refractivity contribution < 1.29 is 9.53 Å². The highest BCUT2D eigenvalue weighted by molar-refractivity contribution is 5.78. The van der Waals surface area contributed by atoms with Gasteiger partial charge in [0.1, 0.15) is 0 Å². The van der Waals surface area contributed by atoms with Gasteiger partial charge < -0.3 is 20.7 Å². The van der Waals surface area contributed by atoms with Crippen molar-refractivity contribution in [2.75, 3.05) is 19.7 Å². The Kier molecular flexibility index (Phi) is 6.89. The van der Waals surface area contributed by atoms with E-state index in [0.717, 1.165) is 18.4 Å². The summed E-state index contributed by atoms with van der Waals surface area (Å²) < 4.78 is 5.03. The van der Waals surface area contributed by atoms with Crippen LogP contribution in [0.5, 0.6) is 0 Å². The SMILES string of the molecule is CCOC(=O)N1CCC(NC(N)=NCc2ccc(C(C)(C)C)cc2)CC1. The Morgan fingerprint density at radius 3 is 2.42 bits per heavy atom. The number of piperidine rings is 1. The van der Waals surface area contributed by atoms with Gasteiger partial charge in [0.2, 0.25) is 0 Å². The normalized spacial score (nSPS) is 16.5. The molecule has 1 aromatic rings. The van der Waals surface area contributed by atoms with Gasteiger partial charge in [-0.1, -0.05) is 45.0 Å². The molecule has 1 saturated heterocycles. The van der Waals surface area contributed by atoms with Crippen molar-refractivity contribution in [1.82, 2.24) is 10.2 Å². The smallest absolute Gasteiger partial charge is 0.409 e. The highest BCUT2D eigenvalue weighted by atomic mass is 16.6. The number of carbonyl (C=O) groups is 1. The lowest BCUT2D eigenvalue weighted by Gasteiger charge is -2.31. The lowest BCUT2D eigenvalue weighted by Crippen LogP contribution is -2.48. The van der Waals surface area contributed by atoms with E-state index in [4.69, 9.17) is 10.5 Å². The fourth-order valence-electron chi connectivity index (χ4n) is 2.96. The second-order valence-electron chi connectivity index (χ2n) is 7.75. The number of benzene rings is 1. The minimum absolute atomic E-state index is 0.154. The summed E-state index contributed by atoms with van der Waals surface area (Å²) in [6.45, 7) is 10.8. The second kappa shape index (κ2) is 8.92. The number of carbonyl (C=O) groups excluding carboxylic acids is 1. The fourth-order valence-corrected chi connectivity index (χ4v) is 2.96. The summed E-state index contributed by atoms with van der Waals surface area (Å²) >= 11 is 0. The Bertz CT molecular complexity index is 612. The van der Waals surface area contributed by atoms with Crippen LogP contribution < -0.4 is 11.1 Å². The van der Waals surface area contributed by atoms with Crippen LogP contribution in [0.1, 0.15) is 51.7 Å². The zero-order valence-corrected chi connectivity index (χ0v) is 16.4. The van der Waals surface area contributed by atoms with Crippen molar-refractivity contribution in [3.63, 3.8) is 0 Å². The van der Waals surface area contributed by atoms with Crippen LogP contribution in [-0.2, 0) is 16.7 Å². The number of aliphatic imine (C=N–C) groups is 1. The topological polar surface area (TPSA) is 80.0 Å². The molecular weight excluding hydrogens is 328 g/mol. The summed E-state index contributed by atoms with van der Waals surface area (Å²) in [5.74, 6) is 0.458. The zero-order chi connectivity index (χ0) is 19.2. The maximum Gasteiger partial charge on any atom is 0.409 e. The molecule has 6 nitrogen and oxygen atoms in total. The van der Waals surface area contributed by atoms with Crippen molar-refractivity contribution >= 4 is 12.1 Å². The first-order valence-corrected chi connectivity index (χ1v) is 9.37. The van der Waals surface area contributed by atoms with E-state index in [-0.39, 0.29) is 17.6 Å². The van der Waals surface area contributed by atoms with Crippen LogP contribution in [-0.4, -0.2) is 42.7 Å². The number of nitrogens with zero attached hydrogens (tertiary/aromatic N) is 2. The van der Waals surface area contributed by atoms with Crippen LogP contribution in [0.15, 0.2) is 29.3 Å². The Morgan fingerprint density at radius 2 is 1.88 bits per heavy atom. The zero-order valence-electron chi connectivity index (χ0n) is 16.4. The first-order valence-electron chi connectivity index (χ1n) is 9.37. The van der Waals surface area contributed by atoms with Crippen molar-refractivity contribution in [2.24, 2.45) is 10.7 Å². The van der Waals surface area contributed by atoms with Crippen molar-refractivity contribution in [3.8, 4) is 0 Å². The van der Waals surface area contributed by atoms with Gasteiger partial charge in [0.15, 0.2) is 5.96 Å². The quantitative estimate of drug-likeness (QED) is 0.639. The van der Waals surface area contributed by atoms with Gasteiger partial charge in [-0.05, 0) is 36.3 Å². The highest BCUT2D eigenvalue weighted by Gasteiger charge is 2.23. The first-order chi connectivity index (χ1) is 12.3. The molecule has 1 aliphatic rings. The number of amides is 1. The minimum Gasteiger partial charge on any atom is -0.450 e. The van der Waals surface area contributed by atoms with Gasteiger partial charge in [0.05, 0.1) is 13.2 Å². The van der Waals surface area contributed by atoms with Gasteiger partial charge in [-0.25, -0.2) is 9.79 Å². The Labute approximate surface area is 156 Å². The molecule has 0 unspecified atom stereocenters. The van der Waals surface area contributed by atoms with E-state index in [1.165, 1.54) is 5.56 Å². The average molecular weight is 361 g/mol. The van der Waals surface area contributed by atoms with Crippen LogP contribution in [0.4, 0.5) is 4.79 Å². The van der Waals surface area contributed by atoms with E-state index in [1.807, 2.05) is 6.92 Å². The molecule has 6 heteroatoms. The second-order valence-corrected chi connectivity index (χ2v) is 7.75. The number of hydrogen-bond donors (Lipinski definition) is 2. The number of hydrogen-bond acceptors (Lipinski definition) is 3. The minimum atomic E-state index is -0.230. The highest BCUT2D eigenvalue weighted by Crippen LogP contribution is 2.22. The van der Waals surface area contributed by atoms with Gasteiger partial charge in [0.25, 0.3) is 0 Å². The molecule has 0 aliphatic carbocycles. The number of likely N-dealkylation sites (tertiary alicyclic amines) is 1. The third-order valence-corrected chi connectivity index (χ3v) is 4.62. The summed E-state index contributed by atoms with van der Waals surface area (Å²) in [6.07, 6.45) is 1.45. The molecule has 1 aromatic carbocycles. The predicted octanol–water partition coefficient (Wildman–Crippen LogP) is 3.01. The van der Waals surface area contributed by atoms with E-state index < -0.39 is 0 Å². The number of nitrogens with two attached hydrogens (primary N) is 1. The monoisotopic (exact) mass is 360 g/mol. The lowest BCUT2D eigenvalue weighted by molar-refractivity contribution is 0.0963. The average Bonchev–Trinajstić information content (AvgIpc) is 2.60. The molecule has 0 spiro atoms. The summed E-state index contributed by atoms with van der Waals surface area (Å²) in [5, 5.41) is 3.27. The van der Waals surface area contributed by atoms with Gasteiger partial charge in [-0.2, -0.15) is 0 Å². The third-order valence-electron chi connectivity index (χ3n) is 4.62. The standard InChI is InChI=1S/C20H32N4O2/c1-5-26-19(25)24-12-10-17(11-13-24)23-18(21)22-14-15-6-8-16(9-7-15)20(2,3)4/h6-9,17H,5,10-14H2,1-4H3,(H3,21,22,23). The van der Waals surface area contributed by atoms with Crippen LogP contribution in [0.2, 0.25) is 0 Å². The maximum atomic E-state index is 11.7. The molecule has 0 saturated carbocycles. The van der Waals surface area contributed by atoms with E-state index in [2.05, 4.69) is 55.3 Å². The van der Waals surface area contributed by atoms with Gasteiger partial charge in [0, 0.05) is 19.1 Å². The number of rotatable bonds is 4. The van der Waals surface area contributed by atoms with Crippen molar-refractivity contribution in [2.45, 2.75) is 58.5 Å². The number of guanidine groups is 1. The van der Waals surface area contributed by atoms with Crippen LogP contribution in [0.3, 0.4) is 0 Å². The summed E-state index contributed by atoms with van der Waals surface area (Å²) in [6, 6.07) is 8.76. The molecule has 1 amide bonds. The van der Waals surface area contributed by atoms with Crippen molar-refractivity contribution in [1.29, 1.82) is 0 Å². The van der Waals surface area contributed by atoms with Crippen LogP contribution in [0, 0.1) is 0 Å². The molecule has 1 fully saturated rings. The van der Waals surface area contributed by atoms with Gasteiger partial charge in [-0.15, -0.1) is 0 Å². The molecule has 1 aliphatic heterocycles. The molecule has 0 aromatic heterocycles. The third kappa shape index (κ3) is 5.93. The van der Waals surface area contributed by atoms with Crippen molar-refractivity contribution in [3.05, 3.63) is 35.4 Å². The summed E-state index contributed by atoms with van der Waals surface area (Å²) in [7, 11) is 0. The largest absolute Gasteiger partial charge is 0.450 e. The molecule has 0 bridgehead atoms. The Balaban J connectivity index is 1.79. The van der Waals surface area contributed by atoms with E-state index in [0.29, 0.717) is 32.2 Å². The molecule has 3 N–H and O–H groups in total. The fraction of sp³-hybridized carbons (Fsp3) is 0.600. The number of nitrogens with one attached hydrogen (secondary N) is 1. The molecule has 1 heterocycles. The van der Waals surface area contributed by atoms with Gasteiger partial charge in [-0.3, -0.25) is 0 Å². The van der Waals surface area contributed by atoms with E-state index in [9.17, 15) is 4.79 Å². The van der Waals surface area contributed by atoms with E-state index in [1.54, 1.807) is 4.90 Å². The lowest BCUT2D eigenvalue weighted by atomic mass is 9.87. The molecule has 144 valence electrons. The molecular formula is C20H32N4O2. The predicted molar refractivity (Wildman–Crippen MR) is 105 cm³/mol. The maximum absolute atomic E-state index is 11.7. The van der Waals surface area contributed by atoms with Crippen LogP contribution >= 0.6 is 0 Å². The Hall–Kier alpha value is -2.24. The number of ether oxygens (including phenoxy) is 1.